The first-order valence-electron chi connectivity index (χ1n) is 4.94. The highest BCUT2D eigenvalue weighted by molar-refractivity contribution is 5.66. The molecule has 4 nitrogen and oxygen atoms in total. The summed E-state index contributed by atoms with van der Waals surface area (Å²) < 4.78 is 0. The molecule has 1 unspecified atom stereocenters. The molecule has 0 bridgehead atoms. The van der Waals surface area contributed by atoms with Gasteiger partial charge in [-0.15, -0.1) is 0 Å². The number of rotatable bonds is 5. The summed E-state index contributed by atoms with van der Waals surface area (Å²) in [7, 11) is 1.91. The number of aliphatic carboxylic acids is 1. The van der Waals surface area contributed by atoms with Gasteiger partial charge in [-0.3, -0.25) is 14.7 Å². The Labute approximate surface area is 89.6 Å². The molecule has 82 valence electrons. The van der Waals surface area contributed by atoms with E-state index in [1.165, 1.54) is 0 Å². The summed E-state index contributed by atoms with van der Waals surface area (Å²) in [6.07, 6.45) is 1.91. The van der Waals surface area contributed by atoms with Crippen molar-refractivity contribution in [1.29, 1.82) is 0 Å². The average Bonchev–Trinajstić information content (AvgIpc) is 2.26. The molecule has 0 aliphatic carbocycles. The van der Waals surface area contributed by atoms with Crippen molar-refractivity contribution in [2.24, 2.45) is 0 Å². The Morgan fingerprint density at radius 2 is 2.33 bits per heavy atom. The van der Waals surface area contributed by atoms with Crippen LogP contribution in [0.1, 0.15) is 25.1 Å². The van der Waals surface area contributed by atoms with Crippen LogP contribution < -0.4 is 0 Å². The summed E-state index contributed by atoms with van der Waals surface area (Å²) in [4.78, 5) is 16.6. The van der Waals surface area contributed by atoms with Crippen LogP contribution in [0.15, 0.2) is 24.4 Å². The zero-order chi connectivity index (χ0) is 11.3. The minimum absolute atomic E-state index is 0.144. The molecular weight excluding hydrogens is 192 g/mol. The number of hydrogen-bond donors (Lipinski definition) is 1. The van der Waals surface area contributed by atoms with Crippen LogP contribution in [0.25, 0.3) is 0 Å². The van der Waals surface area contributed by atoms with Crippen molar-refractivity contribution in [3.63, 3.8) is 0 Å². The Morgan fingerprint density at radius 1 is 1.60 bits per heavy atom. The molecule has 0 spiro atoms. The molecule has 0 aliphatic heterocycles. The van der Waals surface area contributed by atoms with Crippen LogP contribution in [0.4, 0.5) is 0 Å². The number of hydrogen-bond acceptors (Lipinski definition) is 3. The second-order valence-corrected chi connectivity index (χ2v) is 3.55. The van der Waals surface area contributed by atoms with Gasteiger partial charge in [-0.2, -0.15) is 0 Å². The number of nitrogens with zero attached hydrogens (tertiary/aromatic N) is 2. The lowest BCUT2D eigenvalue weighted by Crippen LogP contribution is -2.25. The first kappa shape index (κ1) is 11.7. The monoisotopic (exact) mass is 208 g/mol. The van der Waals surface area contributed by atoms with E-state index in [-0.39, 0.29) is 12.5 Å². The van der Waals surface area contributed by atoms with Crippen LogP contribution in [0.5, 0.6) is 0 Å². The maximum atomic E-state index is 10.4. The van der Waals surface area contributed by atoms with E-state index in [9.17, 15) is 4.79 Å². The molecule has 1 atom stereocenters. The Morgan fingerprint density at radius 3 is 2.87 bits per heavy atom. The van der Waals surface area contributed by atoms with Crippen molar-refractivity contribution in [2.45, 2.75) is 19.4 Å². The Hall–Kier alpha value is -1.42. The van der Waals surface area contributed by atoms with Gasteiger partial charge < -0.3 is 5.11 Å². The van der Waals surface area contributed by atoms with E-state index in [2.05, 4.69) is 4.98 Å². The molecule has 0 aromatic carbocycles. The van der Waals surface area contributed by atoms with Gasteiger partial charge in [-0.1, -0.05) is 6.07 Å². The first-order valence-corrected chi connectivity index (χ1v) is 4.94. The molecule has 0 radical (unpaired) electrons. The molecule has 1 rings (SSSR count). The maximum Gasteiger partial charge on any atom is 0.304 e. The average molecular weight is 208 g/mol. The fourth-order valence-electron chi connectivity index (χ4n) is 1.31. The fourth-order valence-corrected chi connectivity index (χ4v) is 1.31. The van der Waals surface area contributed by atoms with Crippen molar-refractivity contribution < 1.29 is 9.90 Å². The molecule has 1 aromatic heterocycles. The molecule has 0 saturated heterocycles. The van der Waals surface area contributed by atoms with Crippen LogP contribution in [0.3, 0.4) is 0 Å². The molecule has 15 heavy (non-hydrogen) atoms. The molecule has 1 N–H and O–H groups in total. The van der Waals surface area contributed by atoms with Gasteiger partial charge in [-0.25, -0.2) is 0 Å². The third-order valence-electron chi connectivity index (χ3n) is 2.46. The van der Waals surface area contributed by atoms with E-state index in [0.29, 0.717) is 6.54 Å². The second-order valence-electron chi connectivity index (χ2n) is 3.55. The number of aromatic nitrogens is 1. The Balaban J connectivity index is 2.53. The molecule has 1 aromatic rings. The fraction of sp³-hybridized carbons (Fsp3) is 0.455. The largest absolute Gasteiger partial charge is 0.481 e. The third-order valence-corrected chi connectivity index (χ3v) is 2.46. The maximum absolute atomic E-state index is 10.4. The lowest BCUT2D eigenvalue weighted by Gasteiger charge is -2.23. The SMILES string of the molecule is CC(c1ccccn1)N(C)CCC(=O)O. The topological polar surface area (TPSA) is 53.4 Å². The predicted molar refractivity (Wildman–Crippen MR) is 57.5 cm³/mol. The minimum atomic E-state index is -0.768. The van der Waals surface area contributed by atoms with E-state index in [1.807, 2.05) is 37.1 Å². The van der Waals surface area contributed by atoms with E-state index < -0.39 is 5.97 Å². The highest BCUT2D eigenvalue weighted by Crippen LogP contribution is 2.15. The lowest BCUT2D eigenvalue weighted by atomic mass is 10.2. The van der Waals surface area contributed by atoms with Gasteiger partial charge in [0.15, 0.2) is 0 Å². The van der Waals surface area contributed by atoms with E-state index in [0.717, 1.165) is 5.69 Å². The van der Waals surface area contributed by atoms with E-state index in [4.69, 9.17) is 5.11 Å². The van der Waals surface area contributed by atoms with Crippen LogP contribution >= 0.6 is 0 Å². The van der Waals surface area contributed by atoms with Crippen molar-refractivity contribution in [3.05, 3.63) is 30.1 Å². The standard InChI is InChI=1S/C11H16N2O2/c1-9(10-5-3-4-7-12-10)13(2)8-6-11(14)15/h3-5,7,9H,6,8H2,1-2H3,(H,14,15). The van der Waals surface area contributed by atoms with Gasteiger partial charge in [0.05, 0.1) is 12.1 Å². The molecule has 0 fully saturated rings. The van der Waals surface area contributed by atoms with Crippen LogP contribution in [-0.4, -0.2) is 34.6 Å². The third kappa shape index (κ3) is 3.67. The zero-order valence-electron chi connectivity index (χ0n) is 9.05. The quantitative estimate of drug-likeness (QED) is 0.797. The van der Waals surface area contributed by atoms with Crippen molar-refractivity contribution in [3.8, 4) is 0 Å². The van der Waals surface area contributed by atoms with Crippen molar-refractivity contribution >= 4 is 5.97 Å². The predicted octanol–water partition coefficient (Wildman–Crippen LogP) is 1.55. The zero-order valence-corrected chi connectivity index (χ0v) is 9.05. The van der Waals surface area contributed by atoms with Gasteiger partial charge in [0.25, 0.3) is 0 Å². The first-order chi connectivity index (χ1) is 7.11. The lowest BCUT2D eigenvalue weighted by molar-refractivity contribution is -0.137. The Bertz CT molecular complexity index is 314. The van der Waals surface area contributed by atoms with Gasteiger partial charge in [0.2, 0.25) is 0 Å². The minimum Gasteiger partial charge on any atom is -0.481 e. The van der Waals surface area contributed by atoms with Gasteiger partial charge in [0.1, 0.15) is 0 Å². The number of carboxylic acids is 1. The Kier molecular flexibility index (Phi) is 4.24. The number of carbonyl (C=O) groups is 1. The van der Waals surface area contributed by atoms with E-state index in [1.54, 1.807) is 6.20 Å². The van der Waals surface area contributed by atoms with Gasteiger partial charge >= 0.3 is 5.97 Å². The van der Waals surface area contributed by atoms with Crippen molar-refractivity contribution in [2.75, 3.05) is 13.6 Å². The molecular formula is C11H16N2O2. The summed E-state index contributed by atoms with van der Waals surface area (Å²) in [5.41, 5.74) is 0.963. The molecule has 0 amide bonds. The van der Waals surface area contributed by atoms with Crippen LogP contribution in [0.2, 0.25) is 0 Å². The summed E-state index contributed by atoms with van der Waals surface area (Å²) >= 11 is 0. The molecule has 1 heterocycles. The summed E-state index contributed by atoms with van der Waals surface area (Å²) in [5, 5.41) is 8.57. The molecule has 4 heteroatoms. The molecule has 0 aliphatic rings. The van der Waals surface area contributed by atoms with Gasteiger partial charge in [-0.05, 0) is 26.1 Å². The summed E-state index contributed by atoms with van der Waals surface area (Å²) in [5.74, 6) is -0.768. The highest BCUT2D eigenvalue weighted by atomic mass is 16.4. The van der Waals surface area contributed by atoms with Crippen LogP contribution in [-0.2, 0) is 4.79 Å². The number of pyridine rings is 1. The second kappa shape index (κ2) is 5.46. The highest BCUT2D eigenvalue weighted by Gasteiger charge is 2.12. The van der Waals surface area contributed by atoms with Gasteiger partial charge in [0, 0.05) is 18.8 Å². The van der Waals surface area contributed by atoms with Crippen molar-refractivity contribution in [1.82, 2.24) is 9.88 Å². The summed E-state index contributed by atoms with van der Waals surface area (Å²) in [6, 6.07) is 5.89. The normalized spacial score (nSPS) is 12.7. The van der Waals surface area contributed by atoms with Crippen LogP contribution in [0, 0.1) is 0 Å². The smallest absolute Gasteiger partial charge is 0.304 e. The number of carboxylic acid groups (broad SMARTS) is 1. The van der Waals surface area contributed by atoms with E-state index >= 15 is 0 Å². The molecule has 0 saturated carbocycles. The summed E-state index contributed by atoms with van der Waals surface area (Å²) in [6.45, 7) is 2.55.